The Morgan fingerprint density at radius 3 is 2.61 bits per heavy atom. The number of hydrogen-bond donors (Lipinski definition) is 0. The van der Waals surface area contributed by atoms with E-state index >= 15 is 0 Å². The lowest BCUT2D eigenvalue weighted by Gasteiger charge is -2.27. The molecule has 3 nitrogen and oxygen atoms in total. The van der Waals surface area contributed by atoms with Crippen molar-refractivity contribution in [2.45, 2.75) is 51.6 Å². The second kappa shape index (κ2) is 10.1. The van der Waals surface area contributed by atoms with Crippen molar-refractivity contribution in [1.82, 2.24) is 4.90 Å². The maximum atomic E-state index is 13.2. The van der Waals surface area contributed by atoms with Crippen molar-refractivity contribution in [2.75, 3.05) is 13.7 Å². The van der Waals surface area contributed by atoms with Crippen LogP contribution in [0.1, 0.15) is 42.9 Å². The van der Waals surface area contributed by atoms with E-state index in [4.69, 9.17) is 16.3 Å². The van der Waals surface area contributed by atoms with Gasteiger partial charge in [0.05, 0.1) is 0 Å². The Labute approximate surface area is 173 Å². The lowest BCUT2D eigenvalue weighted by Crippen LogP contribution is -2.37. The van der Waals surface area contributed by atoms with Crippen molar-refractivity contribution >= 4 is 17.5 Å². The smallest absolute Gasteiger partial charge is 0.226 e. The van der Waals surface area contributed by atoms with Gasteiger partial charge in [0.15, 0.2) is 0 Å². The van der Waals surface area contributed by atoms with Crippen LogP contribution >= 0.6 is 11.6 Å². The molecule has 0 spiro atoms. The SMILES string of the molecule is COCCCc1ccc(Cl)c(CN(C(=O)C(C)Cc2ccccc2)C2CC2)c1. The van der Waals surface area contributed by atoms with Crippen molar-refractivity contribution < 1.29 is 9.53 Å². The molecule has 150 valence electrons. The quantitative estimate of drug-likeness (QED) is 0.508. The Kier molecular flexibility index (Phi) is 7.52. The molecule has 1 fully saturated rings. The van der Waals surface area contributed by atoms with Gasteiger partial charge in [0.1, 0.15) is 0 Å². The highest BCUT2D eigenvalue weighted by Gasteiger charge is 2.34. The van der Waals surface area contributed by atoms with Gasteiger partial charge in [0.2, 0.25) is 5.91 Å². The van der Waals surface area contributed by atoms with Crippen LogP contribution in [0.3, 0.4) is 0 Å². The minimum Gasteiger partial charge on any atom is -0.385 e. The molecule has 1 atom stereocenters. The highest BCUT2D eigenvalue weighted by molar-refractivity contribution is 6.31. The summed E-state index contributed by atoms with van der Waals surface area (Å²) in [6, 6.07) is 16.8. The monoisotopic (exact) mass is 399 g/mol. The van der Waals surface area contributed by atoms with E-state index in [1.807, 2.05) is 36.1 Å². The predicted molar refractivity (Wildman–Crippen MR) is 115 cm³/mol. The molecule has 0 N–H and O–H groups in total. The maximum Gasteiger partial charge on any atom is 0.226 e. The summed E-state index contributed by atoms with van der Waals surface area (Å²) in [6.45, 7) is 3.38. The molecular formula is C24H30ClNO2. The van der Waals surface area contributed by atoms with E-state index in [-0.39, 0.29) is 11.8 Å². The Hall–Kier alpha value is -1.84. The average molecular weight is 400 g/mol. The number of halogens is 1. The fourth-order valence-electron chi connectivity index (χ4n) is 3.62. The average Bonchev–Trinajstić information content (AvgIpc) is 3.53. The van der Waals surface area contributed by atoms with Crippen molar-refractivity contribution in [3.63, 3.8) is 0 Å². The molecule has 0 heterocycles. The number of amides is 1. The Morgan fingerprint density at radius 2 is 1.93 bits per heavy atom. The van der Waals surface area contributed by atoms with E-state index in [0.29, 0.717) is 12.6 Å². The molecular weight excluding hydrogens is 370 g/mol. The van der Waals surface area contributed by atoms with Gasteiger partial charge < -0.3 is 9.64 Å². The molecule has 0 aliphatic heterocycles. The Bertz CT molecular complexity index is 773. The van der Waals surface area contributed by atoms with E-state index in [1.54, 1.807) is 7.11 Å². The first-order chi connectivity index (χ1) is 13.6. The molecule has 28 heavy (non-hydrogen) atoms. The van der Waals surface area contributed by atoms with Gasteiger partial charge in [-0.3, -0.25) is 4.79 Å². The number of aryl methyl sites for hydroxylation is 1. The molecule has 1 amide bonds. The van der Waals surface area contributed by atoms with Crippen LogP contribution in [0.25, 0.3) is 0 Å². The van der Waals surface area contributed by atoms with Crippen LogP contribution in [-0.2, 0) is 28.9 Å². The number of hydrogen-bond acceptors (Lipinski definition) is 2. The largest absolute Gasteiger partial charge is 0.385 e. The van der Waals surface area contributed by atoms with Crippen molar-refractivity contribution in [2.24, 2.45) is 5.92 Å². The summed E-state index contributed by atoms with van der Waals surface area (Å²) in [5.41, 5.74) is 3.50. The van der Waals surface area contributed by atoms with Gasteiger partial charge in [-0.25, -0.2) is 0 Å². The van der Waals surface area contributed by atoms with E-state index in [0.717, 1.165) is 49.3 Å². The van der Waals surface area contributed by atoms with Gasteiger partial charge in [-0.2, -0.15) is 0 Å². The molecule has 2 aromatic rings. The summed E-state index contributed by atoms with van der Waals surface area (Å²) in [5, 5.41) is 0.740. The van der Waals surface area contributed by atoms with Crippen molar-refractivity contribution in [3.8, 4) is 0 Å². The summed E-state index contributed by atoms with van der Waals surface area (Å²) < 4.78 is 5.15. The lowest BCUT2D eigenvalue weighted by molar-refractivity contribution is -0.136. The second-order valence-corrected chi connectivity index (χ2v) is 8.22. The number of carbonyl (C=O) groups is 1. The van der Waals surface area contributed by atoms with Gasteiger partial charge in [-0.1, -0.05) is 61.0 Å². The molecule has 2 aromatic carbocycles. The van der Waals surface area contributed by atoms with Crippen LogP contribution < -0.4 is 0 Å². The topological polar surface area (TPSA) is 29.5 Å². The third kappa shape index (κ3) is 5.83. The van der Waals surface area contributed by atoms with E-state index in [9.17, 15) is 4.79 Å². The van der Waals surface area contributed by atoms with Crippen LogP contribution in [0.5, 0.6) is 0 Å². The third-order valence-corrected chi connectivity index (χ3v) is 5.71. The maximum absolute atomic E-state index is 13.2. The number of methoxy groups -OCH3 is 1. The number of benzene rings is 2. The summed E-state index contributed by atoms with van der Waals surface area (Å²) in [7, 11) is 1.73. The molecule has 1 saturated carbocycles. The highest BCUT2D eigenvalue weighted by Crippen LogP contribution is 2.32. The van der Waals surface area contributed by atoms with Crippen LogP contribution in [0.4, 0.5) is 0 Å². The predicted octanol–water partition coefficient (Wildman–Crippen LogP) is 5.29. The molecule has 0 radical (unpaired) electrons. The number of nitrogens with zero attached hydrogens (tertiary/aromatic N) is 1. The first kappa shape index (κ1) is 20.9. The third-order valence-electron chi connectivity index (χ3n) is 5.34. The zero-order valence-corrected chi connectivity index (χ0v) is 17.6. The van der Waals surface area contributed by atoms with Gasteiger partial charge in [0.25, 0.3) is 0 Å². The highest BCUT2D eigenvalue weighted by atomic mass is 35.5. The standard InChI is InChI=1S/C24H30ClNO2/c1-18(15-19-7-4-3-5-8-19)24(27)26(22-11-12-22)17-21-16-20(9-6-14-28-2)10-13-23(21)25/h3-5,7-8,10,13,16,18,22H,6,9,11-12,14-15,17H2,1-2H3. The molecule has 0 saturated heterocycles. The normalized spacial score (nSPS) is 14.7. The van der Waals surface area contributed by atoms with Gasteiger partial charge >= 0.3 is 0 Å². The first-order valence-electron chi connectivity index (χ1n) is 10.2. The van der Waals surface area contributed by atoms with Crippen molar-refractivity contribution in [1.29, 1.82) is 0 Å². The number of carbonyl (C=O) groups excluding carboxylic acids is 1. The minimum absolute atomic E-state index is 0.0355. The van der Waals surface area contributed by atoms with Crippen LogP contribution in [0, 0.1) is 5.92 Å². The summed E-state index contributed by atoms with van der Waals surface area (Å²) >= 11 is 6.48. The molecule has 1 aliphatic rings. The van der Waals surface area contributed by atoms with Gasteiger partial charge in [-0.15, -0.1) is 0 Å². The fourth-order valence-corrected chi connectivity index (χ4v) is 3.80. The molecule has 0 aromatic heterocycles. The summed E-state index contributed by atoms with van der Waals surface area (Å²) in [5.74, 6) is 0.193. The van der Waals surface area contributed by atoms with Crippen molar-refractivity contribution in [3.05, 3.63) is 70.2 Å². The van der Waals surface area contributed by atoms with Crippen LogP contribution in [-0.4, -0.2) is 30.6 Å². The number of ether oxygens (including phenoxy) is 1. The zero-order valence-electron chi connectivity index (χ0n) is 16.9. The summed E-state index contributed by atoms with van der Waals surface area (Å²) in [4.78, 5) is 15.3. The van der Waals surface area contributed by atoms with Crippen LogP contribution in [0.15, 0.2) is 48.5 Å². The first-order valence-corrected chi connectivity index (χ1v) is 10.6. The molecule has 1 aliphatic carbocycles. The van der Waals surface area contributed by atoms with E-state index in [1.165, 1.54) is 11.1 Å². The van der Waals surface area contributed by atoms with Gasteiger partial charge in [0, 0.05) is 37.2 Å². The van der Waals surface area contributed by atoms with E-state index in [2.05, 4.69) is 24.3 Å². The van der Waals surface area contributed by atoms with Gasteiger partial charge in [-0.05, 0) is 54.9 Å². The Balaban J connectivity index is 1.69. The molecule has 1 unspecified atom stereocenters. The van der Waals surface area contributed by atoms with Crippen LogP contribution in [0.2, 0.25) is 5.02 Å². The molecule has 0 bridgehead atoms. The molecule has 3 rings (SSSR count). The lowest BCUT2D eigenvalue weighted by atomic mass is 9.99. The Morgan fingerprint density at radius 1 is 1.18 bits per heavy atom. The fraction of sp³-hybridized carbons (Fsp3) is 0.458. The zero-order chi connectivity index (χ0) is 19.9. The second-order valence-electron chi connectivity index (χ2n) is 7.81. The molecule has 4 heteroatoms. The van der Waals surface area contributed by atoms with E-state index < -0.39 is 0 Å². The summed E-state index contributed by atoms with van der Waals surface area (Å²) in [6.07, 6.45) is 4.90. The number of rotatable bonds is 10. The minimum atomic E-state index is -0.0355.